The van der Waals surface area contributed by atoms with Gasteiger partial charge in [-0.25, -0.2) is 0 Å². The van der Waals surface area contributed by atoms with Crippen molar-refractivity contribution in [1.29, 1.82) is 0 Å². The lowest BCUT2D eigenvalue weighted by molar-refractivity contribution is 0.0987. The van der Waals surface area contributed by atoms with Gasteiger partial charge in [-0.15, -0.1) is 0 Å². The van der Waals surface area contributed by atoms with E-state index in [1.165, 1.54) is 0 Å². The van der Waals surface area contributed by atoms with E-state index < -0.39 is 0 Å². The summed E-state index contributed by atoms with van der Waals surface area (Å²) in [5.74, 6) is -0.101. The molecule has 0 aromatic carbocycles. The summed E-state index contributed by atoms with van der Waals surface area (Å²) in [4.78, 5) is 23.6. The van der Waals surface area contributed by atoms with Gasteiger partial charge in [0.05, 0.1) is 21.8 Å². The Morgan fingerprint density at radius 2 is 1.31 bits per heavy atom. The Morgan fingerprint density at radius 1 is 1.00 bits per heavy atom. The van der Waals surface area contributed by atoms with Crippen molar-refractivity contribution in [3.8, 4) is 0 Å². The number of alkyl halides is 2. The molecule has 0 aliphatic carbocycles. The monoisotopic (exact) mass is 349 g/mol. The molecule has 0 unspecified atom stereocenters. The second-order valence-electron chi connectivity index (χ2n) is 3.59. The van der Waals surface area contributed by atoms with Crippen LogP contribution in [0.3, 0.4) is 0 Å². The zero-order chi connectivity index (χ0) is 12.5. The molecule has 16 heavy (non-hydrogen) atoms. The van der Waals surface area contributed by atoms with Crippen molar-refractivity contribution in [1.82, 2.24) is 4.57 Å². The van der Waals surface area contributed by atoms with E-state index in [0.29, 0.717) is 11.1 Å². The molecule has 0 fully saturated rings. The molecule has 0 N–H and O–H groups in total. The lowest BCUT2D eigenvalue weighted by Gasteiger charge is -2.00. The fourth-order valence-corrected chi connectivity index (χ4v) is 2.33. The van der Waals surface area contributed by atoms with Crippen molar-refractivity contribution in [3.63, 3.8) is 0 Å². The van der Waals surface area contributed by atoms with E-state index in [0.717, 1.165) is 11.4 Å². The fraction of sp³-hybridized carbons (Fsp3) is 0.455. The molecule has 0 saturated heterocycles. The first-order valence-electron chi connectivity index (χ1n) is 4.79. The Morgan fingerprint density at radius 3 is 1.56 bits per heavy atom. The van der Waals surface area contributed by atoms with E-state index in [9.17, 15) is 9.59 Å². The van der Waals surface area contributed by atoms with Crippen LogP contribution in [0.25, 0.3) is 0 Å². The van der Waals surface area contributed by atoms with E-state index in [2.05, 4.69) is 31.9 Å². The van der Waals surface area contributed by atoms with Crippen LogP contribution < -0.4 is 0 Å². The highest BCUT2D eigenvalue weighted by atomic mass is 79.9. The number of Topliss-reactive ketones (excluding diaryl/α,β-unsaturated/α-hetero) is 2. The number of aromatic nitrogens is 1. The van der Waals surface area contributed by atoms with Gasteiger partial charge in [0.2, 0.25) is 0 Å². The molecule has 88 valence electrons. The topological polar surface area (TPSA) is 39.1 Å². The molecular formula is C11H13Br2NO2. The van der Waals surface area contributed by atoms with Gasteiger partial charge in [0.15, 0.2) is 11.6 Å². The molecule has 1 aromatic heterocycles. The third-order valence-corrected chi connectivity index (χ3v) is 3.80. The summed E-state index contributed by atoms with van der Waals surface area (Å²) >= 11 is 6.29. The van der Waals surface area contributed by atoms with Crippen LogP contribution in [0.2, 0.25) is 0 Å². The van der Waals surface area contributed by atoms with Crippen molar-refractivity contribution < 1.29 is 9.59 Å². The molecular weight excluding hydrogens is 338 g/mol. The molecule has 0 atom stereocenters. The predicted octanol–water partition coefficient (Wildman–Crippen LogP) is 2.80. The van der Waals surface area contributed by atoms with Gasteiger partial charge in [-0.2, -0.15) is 0 Å². The maximum Gasteiger partial charge on any atom is 0.175 e. The van der Waals surface area contributed by atoms with Gasteiger partial charge >= 0.3 is 0 Å². The molecule has 1 aromatic rings. The smallest absolute Gasteiger partial charge is 0.175 e. The fourth-order valence-electron chi connectivity index (χ4n) is 1.76. The molecule has 1 heterocycles. The van der Waals surface area contributed by atoms with Crippen LogP contribution in [-0.4, -0.2) is 26.8 Å². The maximum atomic E-state index is 11.8. The number of hydrogen-bond acceptors (Lipinski definition) is 2. The highest BCUT2D eigenvalue weighted by Gasteiger charge is 2.24. The van der Waals surface area contributed by atoms with Gasteiger partial charge in [0, 0.05) is 18.4 Å². The summed E-state index contributed by atoms with van der Waals surface area (Å²) in [5.41, 5.74) is 2.76. The Balaban J connectivity index is 3.51. The van der Waals surface area contributed by atoms with E-state index in [1.807, 2.05) is 25.5 Å². The van der Waals surface area contributed by atoms with Gasteiger partial charge in [-0.05, 0) is 13.8 Å². The number of rotatable bonds is 4. The summed E-state index contributed by atoms with van der Waals surface area (Å²) in [7, 11) is 1.86. The molecule has 1 rings (SSSR count). The van der Waals surface area contributed by atoms with E-state index in [4.69, 9.17) is 0 Å². The molecule has 5 heteroatoms. The SMILES string of the molecule is Cc1c(C(=O)CBr)c(C(=O)CBr)c(C)n1C. The first-order chi connectivity index (χ1) is 7.45. The maximum absolute atomic E-state index is 11.8. The van der Waals surface area contributed by atoms with Gasteiger partial charge in [0.25, 0.3) is 0 Å². The molecule has 0 radical (unpaired) electrons. The number of hydrogen-bond donors (Lipinski definition) is 0. The minimum absolute atomic E-state index is 0.0505. The normalized spacial score (nSPS) is 10.6. The third kappa shape index (κ3) is 2.15. The summed E-state index contributed by atoms with van der Waals surface area (Å²) in [6.45, 7) is 3.71. The largest absolute Gasteiger partial charge is 0.351 e. The van der Waals surface area contributed by atoms with Crippen LogP contribution in [-0.2, 0) is 7.05 Å². The van der Waals surface area contributed by atoms with Gasteiger partial charge in [-0.1, -0.05) is 31.9 Å². The van der Waals surface area contributed by atoms with Crippen LogP contribution >= 0.6 is 31.9 Å². The van der Waals surface area contributed by atoms with Crippen LogP contribution in [0.4, 0.5) is 0 Å². The zero-order valence-corrected chi connectivity index (χ0v) is 12.6. The van der Waals surface area contributed by atoms with Crippen molar-refractivity contribution in [2.24, 2.45) is 7.05 Å². The van der Waals surface area contributed by atoms with Gasteiger partial charge in [0.1, 0.15) is 0 Å². The number of halogens is 2. The summed E-state index contributed by atoms with van der Waals surface area (Å²) in [5, 5.41) is 0.472. The van der Waals surface area contributed by atoms with E-state index >= 15 is 0 Å². The van der Waals surface area contributed by atoms with Gasteiger partial charge in [-0.3, -0.25) is 9.59 Å². The Kier molecular flexibility index (Phi) is 4.50. The van der Waals surface area contributed by atoms with E-state index in [-0.39, 0.29) is 22.2 Å². The molecule has 0 aliphatic rings. The highest BCUT2D eigenvalue weighted by molar-refractivity contribution is 9.09. The average molecular weight is 351 g/mol. The van der Waals surface area contributed by atoms with Crippen LogP contribution in [0.1, 0.15) is 32.1 Å². The van der Waals surface area contributed by atoms with Crippen molar-refractivity contribution >= 4 is 43.4 Å². The number of ketones is 2. The number of nitrogens with zero attached hydrogens (tertiary/aromatic N) is 1. The third-order valence-electron chi connectivity index (χ3n) is 2.78. The molecule has 0 spiro atoms. The minimum atomic E-state index is -0.0505. The number of carbonyl (C=O) groups excluding carboxylic acids is 2. The standard InChI is InChI=1S/C11H13Br2NO2/c1-6-10(8(15)4-12)11(9(16)5-13)7(2)14(6)3/h4-5H2,1-3H3. The van der Waals surface area contributed by atoms with Crippen LogP contribution in [0.15, 0.2) is 0 Å². The Hall–Kier alpha value is -0.420. The predicted molar refractivity (Wildman–Crippen MR) is 71.1 cm³/mol. The molecule has 0 bridgehead atoms. The first kappa shape index (κ1) is 13.6. The first-order valence-corrected chi connectivity index (χ1v) is 7.04. The van der Waals surface area contributed by atoms with Crippen molar-refractivity contribution in [2.45, 2.75) is 13.8 Å². The summed E-state index contributed by atoms with van der Waals surface area (Å²) < 4.78 is 1.88. The zero-order valence-electron chi connectivity index (χ0n) is 9.43. The van der Waals surface area contributed by atoms with Crippen LogP contribution in [0, 0.1) is 13.8 Å². The van der Waals surface area contributed by atoms with Crippen LogP contribution in [0.5, 0.6) is 0 Å². The number of carbonyl (C=O) groups is 2. The van der Waals surface area contributed by atoms with Gasteiger partial charge < -0.3 is 4.57 Å². The average Bonchev–Trinajstić information content (AvgIpc) is 2.51. The Labute approximate surface area is 111 Å². The molecule has 3 nitrogen and oxygen atoms in total. The second-order valence-corrected chi connectivity index (χ2v) is 4.71. The highest BCUT2D eigenvalue weighted by Crippen LogP contribution is 2.23. The Bertz CT molecular complexity index is 410. The summed E-state index contributed by atoms with van der Waals surface area (Å²) in [6.07, 6.45) is 0. The second kappa shape index (κ2) is 5.27. The molecule has 0 saturated carbocycles. The summed E-state index contributed by atoms with van der Waals surface area (Å²) in [6, 6.07) is 0. The minimum Gasteiger partial charge on any atom is -0.351 e. The van der Waals surface area contributed by atoms with Crippen molar-refractivity contribution in [3.05, 3.63) is 22.5 Å². The lowest BCUT2D eigenvalue weighted by atomic mass is 10.0. The molecule has 0 amide bonds. The van der Waals surface area contributed by atoms with Crippen molar-refractivity contribution in [2.75, 3.05) is 10.7 Å². The lowest BCUT2D eigenvalue weighted by Crippen LogP contribution is -2.10. The van der Waals surface area contributed by atoms with E-state index in [1.54, 1.807) is 0 Å². The quantitative estimate of drug-likeness (QED) is 0.618. The molecule has 0 aliphatic heterocycles.